The molecule has 0 atom stereocenters. The number of amides is 1. The van der Waals surface area contributed by atoms with Crippen molar-refractivity contribution < 1.29 is 22.8 Å². The lowest BCUT2D eigenvalue weighted by molar-refractivity contribution is 0.0940. The zero-order valence-electron chi connectivity index (χ0n) is 13.5. The van der Waals surface area contributed by atoms with Gasteiger partial charge in [0.2, 0.25) is 0 Å². The molecule has 0 aliphatic heterocycles. The van der Waals surface area contributed by atoms with Crippen molar-refractivity contribution in [2.45, 2.75) is 27.2 Å². The zero-order chi connectivity index (χ0) is 18.0. The summed E-state index contributed by atoms with van der Waals surface area (Å²) in [6, 6.07) is 4.70. The number of rotatable bonds is 5. The van der Waals surface area contributed by atoms with Gasteiger partial charge in [0.15, 0.2) is 5.78 Å². The maximum absolute atomic E-state index is 13.1. The van der Waals surface area contributed by atoms with Crippen molar-refractivity contribution in [3.8, 4) is 0 Å². The predicted molar refractivity (Wildman–Crippen MR) is 84.4 cm³/mol. The largest absolute Gasteiger partial charge is 0.354 e. The third-order valence-corrected chi connectivity index (χ3v) is 3.71. The van der Waals surface area contributed by atoms with Crippen LogP contribution in [0.25, 0.3) is 0 Å². The van der Waals surface area contributed by atoms with Crippen LogP contribution >= 0.6 is 0 Å². The number of hydrogen-bond donors (Lipinski definition) is 1. The predicted octanol–water partition coefficient (Wildman–Crippen LogP) is 3.89. The maximum Gasteiger partial charge on any atom is 0.275 e. The Kier molecular flexibility index (Phi) is 5.11. The van der Waals surface area contributed by atoms with E-state index in [1.807, 2.05) is 0 Å². The van der Waals surface area contributed by atoms with Gasteiger partial charge >= 0.3 is 0 Å². The Morgan fingerprint density at radius 2 is 1.75 bits per heavy atom. The Bertz CT molecular complexity index is 767. The Morgan fingerprint density at radius 1 is 1.17 bits per heavy atom. The molecule has 1 aromatic carbocycles. The first-order valence-electron chi connectivity index (χ1n) is 7.28. The Balaban J connectivity index is 2.47. The van der Waals surface area contributed by atoms with E-state index >= 15 is 0 Å². The first-order valence-corrected chi connectivity index (χ1v) is 7.28. The number of carbonyl (C=O) groups excluding carboxylic acids is 2. The van der Waals surface area contributed by atoms with Crippen LogP contribution < -0.4 is 4.90 Å². The third kappa shape index (κ3) is 3.50. The summed E-state index contributed by atoms with van der Waals surface area (Å²) in [5.74, 6) is -1.45. The van der Waals surface area contributed by atoms with Gasteiger partial charge in [-0.15, -0.1) is 0 Å². The molecule has 2 rings (SSSR count). The van der Waals surface area contributed by atoms with E-state index in [9.17, 15) is 22.8 Å². The standard InChI is InChI=1S/C17H17F3N2O2/c1-9-15(11(3)23)10(2)21-16(9)17(24)22(8-14(19)20)13-6-4-12(18)5-7-13/h4-7,14,21H,8H2,1-3H3. The van der Waals surface area contributed by atoms with Crippen LogP contribution in [-0.4, -0.2) is 29.6 Å². The van der Waals surface area contributed by atoms with Gasteiger partial charge in [-0.2, -0.15) is 0 Å². The van der Waals surface area contributed by atoms with Crippen molar-refractivity contribution >= 4 is 17.4 Å². The average molecular weight is 338 g/mol. The second kappa shape index (κ2) is 6.90. The fourth-order valence-corrected chi connectivity index (χ4v) is 2.69. The van der Waals surface area contributed by atoms with Crippen LogP contribution in [0.1, 0.15) is 39.0 Å². The molecule has 1 heterocycles. The highest BCUT2D eigenvalue weighted by molar-refractivity contribution is 6.08. The van der Waals surface area contributed by atoms with E-state index in [1.165, 1.54) is 19.1 Å². The van der Waals surface area contributed by atoms with Gasteiger partial charge < -0.3 is 9.88 Å². The number of nitrogens with one attached hydrogen (secondary N) is 1. The van der Waals surface area contributed by atoms with Crippen LogP contribution in [-0.2, 0) is 0 Å². The van der Waals surface area contributed by atoms with Crippen molar-refractivity contribution in [2.75, 3.05) is 11.4 Å². The summed E-state index contributed by atoms with van der Waals surface area (Å²) in [5.41, 5.74) is 1.50. The maximum atomic E-state index is 13.1. The van der Waals surface area contributed by atoms with Crippen molar-refractivity contribution in [1.82, 2.24) is 4.98 Å². The molecular formula is C17H17F3N2O2. The molecule has 0 aliphatic carbocycles. The van der Waals surface area contributed by atoms with Crippen molar-refractivity contribution in [1.29, 1.82) is 0 Å². The molecule has 128 valence electrons. The highest BCUT2D eigenvalue weighted by Gasteiger charge is 2.27. The number of alkyl halides is 2. The number of aryl methyl sites for hydroxylation is 1. The lowest BCUT2D eigenvalue weighted by atomic mass is 10.1. The minimum atomic E-state index is -2.76. The Labute approximate surface area is 137 Å². The molecular weight excluding hydrogens is 321 g/mol. The van der Waals surface area contributed by atoms with Crippen LogP contribution in [0.2, 0.25) is 0 Å². The number of halogens is 3. The molecule has 0 saturated heterocycles. The first kappa shape index (κ1) is 17.8. The lowest BCUT2D eigenvalue weighted by Crippen LogP contribution is -2.35. The zero-order valence-corrected chi connectivity index (χ0v) is 13.5. The van der Waals surface area contributed by atoms with Gasteiger partial charge in [0.25, 0.3) is 12.3 Å². The van der Waals surface area contributed by atoms with Crippen LogP contribution in [0.5, 0.6) is 0 Å². The van der Waals surface area contributed by atoms with E-state index in [0.29, 0.717) is 16.8 Å². The number of Topliss-reactive ketones (excluding diaryl/α,β-unsaturated/α-hetero) is 1. The number of carbonyl (C=O) groups is 2. The summed E-state index contributed by atoms with van der Waals surface area (Å²) in [5, 5.41) is 0. The second-order valence-corrected chi connectivity index (χ2v) is 5.46. The van der Waals surface area contributed by atoms with E-state index in [2.05, 4.69) is 4.98 Å². The first-order chi connectivity index (χ1) is 11.2. The van der Waals surface area contributed by atoms with Crippen LogP contribution in [0.3, 0.4) is 0 Å². The molecule has 7 heteroatoms. The molecule has 24 heavy (non-hydrogen) atoms. The van der Waals surface area contributed by atoms with Gasteiger partial charge in [-0.3, -0.25) is 9.59 Å². The summed E-state index contributed by atoms with van der Waals surface area (Å²) in [6.07, 6.45) is -2.76. The van der Waals surface area contributed by atoms with E-state index in [4.69, 9.17) is 0 Å². The monoisotopic (exact) mass is 338 g/mol. The van der Waals surface area contributed by atoms with Crippen LogP contribution in [0.15, 0.2) is 24.3 Å². The Hall–Kier alpha value is -2.57. The van der Waals surface area contributed by atoms with Gasteiger partial charge in [0, 0.05) is 16.9 Å². The summed E-state index contributed by atoms with van der Waals surface area (Å²) in [7, 11) is 0. The van der Waals surface area contributed by atoms with E-state index in [-0.39, 0.29) is 17.2 Å². The highest BCUT2D eigenvalue weighted by atomic mass is 19.3. The topological polar surface area (TPSA) is 53.2 Å². The fraction of sp³-hybridized carbons (Fsp3) is 0.294. The molecule has 0 unspecified atom stereocenters. The van der Waals surface area contributed by atoms with E-state index in [1.54, 1.807) is 13.8 Å². The van der Waals surface area contributed by atoms with Gasteiger partial charge in [0.1, 0.15) is 11.5 Å². The van der Waals surface area contributed by atoms with Crippen LogP contribution in [0.4, 0.5) is 18.9 Å². The molecule has 1 aromatic heterocycles. The molecule has 2 aromatic rings. The number of benzene rings is 1. The SMILES string of the molecule is CC(=O)c1c(C)[nH]c(C(=O)N(CC(F)F)c2ccc(F)cc2)c1C. The number of nitrogens with zero attached hydrogens (tertiary/aromatic N) is 1. The number of ketones is 1. The minimum Gasteiger partial charge on any atom is -0.354 e. The molecule has 1 amide bonds. The number of anilines is 1. The molecule has 0 radical (unpaired) electrons. The number of aromatic amines is 1. The molecule has 0 aliphatic rings. The molecule has 0 spiro atoms. The van der Waals surface area contributed by atoms with Gasteiger partial charge in [0.05, 0.1) is 6.54 Å². The fourth-order valence-electron chi connectivity index (χ4n) is 2.69. The summed E-state index contributed by atoms with van der Waals surface area (Å²) in [4.78, 5) is 28.1. The van der Waals surface area contributed by atoms with Crippen molar-refractivity contribution in [3.05, 3.63) is 52.6 Å². The average Bonchev–Trinajstić information content (AvgIpc) is 2.80. The van der Waals surface area contributed by atoms with Gasteiger partial charge in [-0.05, 0) is 50.6 Å². The lowest BCUT2D eigenvalue weighted by Gasteiger charge is -2.22. The second-order valence-electron chi connectivity index (χ2n) is 5.46. The third-order valence-electron chi connectivity index (χ3n) is 3.71. The number of hydrogen-bond acceptors (Lipinski definition) is 2. The van der Waals surface area contributed by atoms with E-state index < -0.39 is 24.7 Å². The minimum absolute atomic E-state index is 0.0719. The summed E-state index contributed by atoms with van der Waals surface area (Å²) >= 11 is 0. The van der Waals surface area contributed by atoms with Crippen molar-refractivity contribution in [3.63, 3.8) is 0 Å². The highest BCUT2D eigenvalue weighted by Crippen LogP contribution is 2.24. The van der Waals surface area contributed by atoms with Gasteiger partial charge in [-0.25, -0.2) is 13.2 Å². The van der Waals surface area contributed by atoms with Crippen molar-refractivity contribution in [2.24, 2.45) is 0 Å². The van der Waals surface area contributed by atoms with E-state index in [0.717, 1.165) is 17.0 Å². The number of H-pyrrole nitrogens is 1. The molecule has 4 nitrogen and oxygen atoms in total. The molecule has 1 N–H and O–H groups in total. The molecule has 0 bridgehead atoms. The quantitative estimate of drug-likeness (QED) is 0.841. The summed E-state index contributed by atoms with van der Waals surface area (Å²) in [6.45, 7) is 3.75. The smallest absolute Gasteiger partial charge is 0.275 e. The molecule has 0 fully saturated rings. The Morgan fingerprint density at radius 3 is 2.21 bits per heavy atom. The van der Waals surface area contributed by atoms with Crippen LogP contribution in [0, 0.1) is 19.7 Å². The summed E-state index contributed by atoms with van der Waals surface area (Å²) < 4.78 is 38.9. The number of aromatic nitrogens is 1. The molecule has 0 saturated carbocycles. The normalized spacial score (nSPS) is 11.0. The van der Waals surface area contributed by atoms with Gasteiger partial charge in [-0.1, -0.05) is 0 Å².